The number of methoxy groups -OCH3 is 1. The fraction of sp³-hybridized carbons (Fsp3) is 0.294. The van der Waals surface area contributed by atoms with Gasteiger partial charge in [0.1, 0.15) is 17.6 Å². The number of nitrogens with zero attached hydrogens (tertiary/aromatic N) is 1. The summed E-state index contributed by atoms with van der Waals surface area (Å²) in [6, 6.07) is 7.23. The lowest BCUT2D eigenvalue weighted by Crippen LogP contribution is -2.42. The molecule has 1 saturated heterocycles. The van der Waals surface area contributed by atoms with Crippen LogP contribution in [0.2, 0.25) is 0 Å². The minimum absolute atomic E-state index is 0.151. The van der Waals surface area contributed by atoms with E-state index in [0.717, 1.165) is 5.56 Å². The summed E-state index contributed by atoms with van der Waals surface area (Å²) in [5.74, 6) is -0.457. The molecule has 2 heterocycles. The molecule has 1 aromatic heterocycles. The van der Waals surface area contributed by atoms with Crippen LogP contribution in [0, 0.1) is 5.82 Å². The monoisotopic (exact) mass is 332 g/mol. The maximum atomic E-state index is 13.0. The Morgan fingerprint density at radius 3 is 2.79 bits per heavy atom. The normalized spacial score (nSPS) is 17.6. The number of rotatable bonds is 3. The van der Waals surface area contributed by atoms with Gasteiger partial charge in [-0.3, -0.25) is 9.59 Å². The minimum atomic E-state index is -0.358. The van der Waals surface area contributed by atoms with Crippen molar-refractivity contribution in [2.45, 2.75) is 6.10 Å². The van der Waals surface area contributed by atoms with Crippen molar-refractivity contribution in [1.29, 1.82) is 0 Å². The summed E-state index contributed by atoms with van der Waals surface area (Å²) in [5.41, 5.74) is 0.639. The van der Waals surface area contributed by atoms with Crippen molar-refractivity contribution in [3.05, 3.63) is 63.8 Å². The van der Waals surface area contributed by atoms with Crippen molar-refractivity contribution in [1.82, 2.24) is 9.88 Å². The molecule has 1 N–H and O–H groups in total. The fourth-order valence-corrected chi connectivity index (χ4v) is 2.62. The minimum Gasteiger partial charge on any atom is -0.491 e. The van der Waals surface area contributed by atoms with E-state index < -0.39 is 0 Å². The summed E-state index contributed by atoms with van der Waals surface area (Å²) in [6.45, 7) is 1.12. The highest BCUT2D eigenvalue weighted by molar-refractivity contribution is 5.92. The number of aromatic amines is 1. The molecule has 0 spiro atoms. The molecule has 6 nitrogen and oxygen atoms in total. The van der Waals surface area contributed by atoms with E-state index in [4.69, 9.17) is 9.47 Å². The van der Waals surface area contributed by atoms with Crippen molar-refractivity contribution < 1.29 is 18.7 Å². The predicted octanol–water partition coefficient (Wildman–Crippen LogP) is 1.74. The number of pyridine rings is 1. The molecule has 0 bridgehead atoms. The second-order valence-corrected chi connectivity index (χ2v) is 5.44. The van der Waals surface area contributed by atoms with E-state index in [1.807, 2.05) is 0 Å². The lowest BCUT2D eigenvalue weighted by Gasteiger charge is -2.33. The Morgan fingerprint density at radius 2 is 2.12 bits per heavy atom. The first-order chi connectivity index (χ1) is 11.6. The number of carbonyl (C=O) groups is 1. The Bertz CT molecular complexity index is 788. The zero-order valence-corrected chi connectivity index (χ0v) is 13.1. The van der Waals surface area contributed by atoms with Crippen LogP contribution in [0.15, 0.2) is 41.3 Å². The van der Waals surface area contributed by atoms with Crippen LogP contribution in [-0.4, -0.2) is 42.6 Å². The van der Waals surface area contributed by atoms with Gasteiger partial charge in [0.15, 0.2) is 5.75 Å². The maximum Gasteiger partial charge on any atom is 0.270 e. The van der Waals surface area contributed by atoms with Gasteiger partial charge < -0.3 is 19.4 Å². The third-order valence-electron chi connectivity index (χ3n) is 3.92. The predicted molar refractivity (Wildman–Crippen MR) is 84.6 cm³/mol. The highest BCUT2D eigenvalue weighted by Crippen LogP contribution is 2.23. The van der Waals surface area contributed by atoms with E-state index >= 15 is 0 Å². The van der Waals surface area contributed by atoms with Crippen LogP contribution in [0.4, 0.5) is 4.39 Å². The van der Waals surface area contributed by atoms with Gasteiger partial charge in [0.05, 0.1) is 20.3 Å². The van der Waals surface area contributed by atoms with Crippen LogP contribution >= 0.6 is 0 Å². The topological polar surface area (TPSA) is 71.6 Å². The molecule has 1 aromatic carbocycles. The third-order valence-corrected chi connectivity index (χ3v) is 3.92. The number of nitrogens with one attached hydrogen (secondary N) is 1. The van der Waals surface area contributed by atoms with Crippen molar-refractivity contribution in [2.75, 3.05) is 26.8 Å². The van der Waals surface area contributed by atoms with Gasteiger partial charge >= 0.3 is 0 Å². The second kappa shape index (κ2) is 6.84. The van der Waals surface area contributed by atoms with Gasteiger partial charge in [-0.1, -0.05) is 12.1 Å². The molecule has 3 rings (SSSR count). The Hall–Kier alpha value is -2.67. The zero-order valence-electron chi connectivity index (χ0n) is 13.1. The van der Waals surface area contributed by atoms with Crippen LogP contribution in [0.25, 0.3) is 0 Å². The van der Waals surface area contributed by atoms with E-state index in [0.29, 0.717) is 19.7 Å². The average molecular weight is 332 g/mol. The van der Waals surface area contributed by atoms with Crippen LogP contribution in [0.3, 0.4) is 0 Å². The zero-order chi connectivity index (χ0) is 17.1. The number of carbonyl (C=O) groups excluding carboxylic acids is 1. The molecular formula is C17H17FN2O4. The fourth-order valence-electron chi connectivity index (χ4n) is 2.62. The Labute approximate surface area is 137 Å². The van der Waals surface area contributed by atoms with Gasteiger partial charge in [0.2, 0.25) is 5.43 Å². The first-order valence-electron chi connectivity index (χ1n) is 7.51. The number of H-pyrrole nitrogens is 1. The van der Waals surface area contributed by atoms with Crippen LogP contribution in [-0.2, 0) is 4.74 Å². The van der Waals surface area contributed by atoms with Gasteiger partial charge in [-0.05, 0) is 17.7 Å². The molecule has 2 aromatic rings. The molecule has 1 atom stereocenters. The number of benzene rings is 1. The molecular weight excluding hydrogens is 315 g/mol. The SMILES string of the molecule is COc1c[nH]c(C(=O)N2CCO[C@H](c3ccc(F)cc3)C2)cc1=O. The largest absolute Gasteiger partial charge is 0.491 e. The van der Waals surface area contributed by atoms with Crippen molar-refractivity contribution >= 4 is 5.91 Å². The molecule has 1 fully saturated rings. The summed E-state index contributed by atoms with van der Waals surface area (Å²) in [6.07, 6.45) is 1.04. The molecule has 126 valence electrons. The van der Waals surface area contributed by atoms with Crippen molar-refractivity contribution in [3.8, 4) is 5.75 Å². The van der Waals surface area contributed by atoms with E-state index in [-0.39, 0.29) is 34.7 Å². The summed E-state index contributed by atoms with van der Waals surface area (Å²) < 4.78 is 23.6. The molecule has 1 aliphatic heterocycles. The summed E-state index contributed by atoms with van der Waals surface area (Å²) in [4.78, 5) is 28.8. The lowest BCUT2D eigenvalue weighted by molar-refractivity contribution is -0.0230. The number of amides is 1. The van der Waals surface area contributed by atoms with E-state index in [2.05, 4.69) is 4.98 Å². The third kappa shape index (κ3) is 3.30. The standard InChI is InChI=1S/C17H17FN2O4/c1-23-15-9-19-13(8-14(15)21)17(22)20-6-7-24-16(10-20)11-2-4-12(18)5-3-11/h2-5,8-9,16H,6-7,10H2,1H3,(H,19,21)/t16-/m0/s1. The van der Waals surface area contributed by atoms with Gasteiger partial charge in [-0.25, -0.2) is 4.39 Å². The first kappa shape index (κ1) is 16.2. The van der Waals surface area contributed by atoms with Crippen LogP contribution < -0.4 is 10.2 Å². The quantitative estimate of drug-likeness (QED) is 0.929. The number of hydrogen-bond donors (Lipinski definition) is 1. The summed E-state index contributed by atoms with van der Waals surface area (Å²) in [5, 5.41) is 0. The number of halogens is 1. The first-order valence-corrected chi connectivity index (χ1v) is 7.51. The van der Waals surface area contributed by atoms with Gasteiger partial charge in [-0.15, -0.1) is 0 Å². The number of morpholine rings is 1. The molecule has 7 heteroatoms. The van der Waals surface area contributed by atoms with Crippen molar-refractivity contribution in [2.24, 2.45) is 0 Å². The molecule has 0 radical (unpaired) electrons. The Morgan fingerprint density at radius 1 is 1.38 bits per heavy atom. The number of ether oxygens (including phenoxy) is 2. The highest BCUT2D eigenvalue weighted by atomic mass is 19.1. The summed E-state index contributed by atoms with van der Waals surface area (Å²) >= 11 is 0. The van der Waals surface area contributed by atoms with Gasteiger partial charge in [0.25, 0.3) is 5.91 Å². The average Bonchev–Trinajstić information content (AvgIpc) is 2.61. The highest BCUT2D eigenvalue weighted by Gasteiger charge is 2.26. The molecule has 1 aliphatic rings. The Balaban J connectivity index is 1.76. The number of hydrogen-bond acceptors (Lipinski definition) is 4. The molecule has 24 heavy (non-hydrogen) atoms. The van der Waals surface area contributed by atoms with Gasteiger partial charge in [0, 0.05) is 18.8 Å². The van der Waals surface area contributed by atoms with E-state index in [1.54, 1.807) is 17.0 Å². The van der Waals surface area contributed by atoms with Crippen molar-refractivity contribution in [3.63, 3.8) is 0 Å². The Kier molecular flexibility index (Phi) is 4.61. The van der Waals surface area contributed by atoms with E-state index in [9.17, 15) is 14.0 Å². The molecule has 0 saturated carbocycles. The molecule has 0 aliphatic carbocycles. The smallest absolute Gasteiger partial charge is 0.270 e. The van der Waals surface area contributed by atoms with Crippen LogP contribution in [0.5, 0.6) is 5.75 Å². The molecule has 1 amide bonds. The second-order valence-electron chi connectivity index (χ2n) is 5.44. The van der Waals surface area contributed by atoms with E-state index in [1.165, 1.54) is 31.5 Å². The summed E-state index contributed by atoms with van der Waals surface area (Å²) in [7, 11) is 1.39. The lowest BCUT2D eigenvalue weighted by atomic mass is 10.1. The number of aromatic nitrogens is 1. The molecule has 0 unspecified atom stereocenters. The van der Waals surface area contributed by atoms with Crippen LogP contribution in [0.1, 0.15) is 22.2 Å². The maximum absolute atomic E-state index is 13.0. The van der Waals surface area contributed by atoms with Gasteiger partial charge in [-0.2, -0.15) is 0 Å².